The number of ether oxygens (including phenoxy) is 3. The molecule has 0 spiro atoms. The molecule has 0 fully saturated rings. The smallest absolute Gasteiger partial charge is 0.226 e. The maximum atomic E-state index is 12.5. The van der Waals surface area contributed by atoms with Crippen LogP contribution in [-0.2, 0) is 16.0 Å². The van der Waals surface area contributed by atoms with Crippen molar-refractivity contribution in [3.8, 4) is 28.5 Å². The molecule has 9 heteroatoms. The van der Waals surface area contributed by atoms with Crippen molar-refractivity contribution in [1.29, 1.82) is 0 Å². The zero-order valence-corrected chi connectivity index (χ0v) is 20.7. The van der Waals surface area contributed by atoms with Gasteiger partial charge in [-0.2, -0.15) is 0 Å². The van der Waals surface area contributed by atoms with Crippen molar-refractivity contribution in [2.45, 2.75) is 32.7 Å². The minimum Gasteiger partial charge on any atom is -0.493 e. The van der Waals surface area contributed by atoms with Gasteiger partial charge in [0, 0.05) is 24.3 Å². The van der Waals surface area contributed by atoms with Gasteiger partial charge in [-0.1, -0.05) is 24.3 Å². The average Bonchev–Trinajstić information content (AvgIpc) is 3.29. The van der Waals surface area contributed by atoms with Crippen LogP contribution in [0.5, 0.6) is 17.2 Å². The standard InChI is InChI=1S/C25H29N3O5S/c1-15(26-16(2)29)18-7-9-19(10-8-18)20-14-34-25(27-20)28-23(30)11-6-17-12-21(31-3)24(33-5)22(13-17)32-4/h7-10,12-15H,6,11H2,1-5H3,(H,26,29)(H,27,28,30). The highest BCUT2D eigenvalue weighted by Gasteiger charge is 2.15. The summed E-state index contributed by atoms with van der Waals surface area (Å²) in [5.41, 5.74) is 3.63. The third-order valence-electron chi connectivity index (χ3n) is 5.24. The van der Waals surface area contributed by atoms with Crippen LogP contribution in [0.4, 0.5) is 5.13 Å². The minimum absolute atomic E-state index is 0.0672. The van der Waals surface area contributed by atoms with Crippen LogP contribution in [0.25, 0.3) is 11.3 Å². The van der Waals surface area contributed by atoms with Crippen LogP contribution in [0.3, 0.4) is 0 Å². The first-order chi connectivity index (χ1) is 16.3. The topological polar surface area (TPSA) is 98.8 Å². The van der Waals surface area contributed by atoms with E-state index < -0.39 is 0 Å². The number of aromatic nitrogens is 1. The number of amides is 2. The minimum atomic E-state index is -0.130. The third kappa shape index (κ3) is 6.26. The van der Waals surface area contributed by atoms with E-state index in [4.69, 9.17) is 14.2 Å². The summed E-state index contributed by atoms with van der Waals surface area (Å²) in [5.74, 6) is 1.43. The molecule has 8 nitrogen and oxygen atoms in total. The van der Waals surface area contributed by atoms with Gasteiger partial charge in [0.05, 0.1) is 33.1 Å². The Hall–Kier alpha value is -3.59. The molecule has 0 saturated heterocycles. The molecule has 1 unspecified atom stereocenters. The van der Waals surface area contributed by atoms with Crippen molar-refractivity contribution in [1.82, 2.24) is 10.3 Å². The maximum Gasteiger partial charge on any atom is 0.226 e. The fourth-order valence-corrected chi connectivity index (χ4v) is 4.25. The molecule has 3 rings (SSSR count). The van der Waals surface area contributed by atoms with Crippen LogP contribution in [0.1, 0.15) is 37.4 Å². The monoisotopic (exact) mass is 483 g/mol. The first-order valence-electron chi connectivity index (χ1n) is 10.8. The largest absolute Gasteiger partial charge is 0.493 e. The zero-order chi connectivity index (χ0) is 24.7. The highest BCUT2D eigenvalue weighted by atomic mass is 32.1. The lowest BCUT2D eigenvalue weighted by Crippen LogP contribution is -2.23. The lowest BCUT2D eigenvalue weighted by molar-refractivity contribution is -0.119. The molecule has 1 heterocycles. The molecule has 2 N–H and O–H groups in total. The molecule has 2 amide bonds. The number of thiazole rings is 1. The Morgan fingerprint density at radius 3 is 2.24 bits per heavy atom. The Morgan fingerprint density at radius 2 is 1.68 bits per heavy atom. The number of rotatable bonds is 10. The molecule has 0 radical (unpaired) electrons. The number of nitrogens with one attached hydrogen (secondary N) is 2. The molecular weight excluding hydrogens is 454 g/mol. The van der Waals surface area contributed by atoms with Gasteiger partial charge in [0.2, 0.25) is 17.6 Å². The highest BCUT2D eigenvalue weighted by molar-refractivity contribution is 7.14. The third-order valence-corrected chi connectivity index (χ3v) is 6.00. The van der Waals surface area contributed by atoms with Gasteiger partial charge in [-0.25, -0.2) is 4.98 Å². The summed E-state index contributed by atoms with van der Waals surface area (Å²) in [7, 11) is 4.67. The average molecular weight is 484 g/mol. The van der Waals surface area contributed by atoms with Crippen LogP contribution in [-0.4, -0.2) is 38.1 Å². The molecule has 2 aromatic carbocycles. The molecule has 0 aliphatic carbocycles. The first-order valence-corrected chi connectivity index (χ1v) is 11.6. The Morgan fingerprint density at radius 1 is 1.03 bits per heavy atom. The fraction of sp³-hybridized carbons (Fsp3) is 0.320. The van der Waals surface area contributed by atoms with Crippen LogP contribution in [0.2, 0.25) is 0 Å². The summed E-state index contributed by atoms with van der Waals surface area (Å²) < 4.78 is 16.1. The van der Waals surface area contributed by atoms with Gasteiger partial charge in [0.15, 0.2) is 16.6 Å². The predicted octanol–water partition coefficient (Wildman–Crippen LogP) is 4.60. The van der Waals surface area contributed by atoms with Crippen molar-refractivity contribution in [3.63, 3.8) is 0 Å². The predicted molar refractivity (Wildman–Crippen MR) is 133 cm³/mol. The van der Waals surface area contributed by atoms with Crippen molar-refractivity contribution >= 4 is 28.3 Å². The van der Waals surface area contributed by atoms with E-state index in [2.05, 4.69) is 15.6 Å². The summed E-state index contributed by atoms with van der Waals surface area (Å²) in [6.07, 6.45) is 0.790. The number of benzene rings is 2. The molecule has 0 aliphatic heterocycles. The van der Waals surface area contributed by atoms with Gasteiger partial charge >= 0.3 is 0 Å². The SMILES string of the molecule is COc1cc(CCC(=O)Nc2nc(-c3ccc(C(C)NC(C)=O)cc3)cs2)cc(OC)c1OC. The molecule has 0 saturated carbocycles. The molecule has 34 heavy (non-hydrogen) atoms. The zero-order valence-electron chi connectivity index (χ0n) is 19.9. The molecule has 1 aromatic heterocycles. The number of nitrogens with zero attached hydrogens (tertiary/aromatic N) is 1. The van der Waals surface area contributed by atoms with Gasteiger partial charge < -0.3 is 24.8 Å². The van der Waals surface area contributed by atoms with E-state index in [0.717, 1.165) is 22.4 Å². The first kappa shape index (κ1) is 25.0. The van der Waals surface area contributed by atoms with E-state index in [1.165, 1.54) is 18.3 Å². The fourth-order valence-electron chi connectivity index (χ4n) is 3.51. The number of hydrogen-bond acceptors (Lipinski definition) is 7. The van der Waals surface area contributed by atoms with E-state index in [0.29, 0.717) is 28.8 Å². The second-order valence-electron chi connectivity index (χ2n) is 7.66. The lowest BCUT2D eigenvalue weighted by atomic mass is 10.1. The molecule has 1 atom stereocenters. The Kier molecular flexibility index (Phi) is 8.48. The van der Waals surface area contributed by atoms with Gasteiger partial charge in [-0.3, -0.25) is 9.59 Å². The van der Waals surface area contributed by atoms with Gasteiger partial charge in [0.1, 0.15) is 0 Å². The molecule has 3 aromatic rings. The second kappa shape index (κ2) is 11.5. The van der Waals surface area contributed by atoms with Gasteiger partial charge in [-0.05, 0) is 36.6 Å². The van der Waals surface area contributed by atoms with Crippen LogP contribution < -0.4 is 24.8 Å². The molecule has 0 bridgehead atoms. The highest BCUT2D eigenvalue weighted by Crippen LogP contribution is 2.38. The summed E-state index contributed by atoms with van der Waals surface area (Å²) in [5, 5.41) is 8.18. The number of carbonyl (C=O) groups excluding carboxylic acids is 2. The van der Waals surface area contributed by atoms with Gasteiger partial charge in [0.25, 0.3) is 0 Å². The summed E-state index contributed by atoms with van der Waals surface area (Å²) >= 11 is 1.37. The quantitative estimate of drug-likeness (QED) is 0.437. The number of anilines is 1. The van der Waals surface area contributed by atoms with Crippen molar-refractivity contribution in [2.24, 2.45) is 0 Å². The number of methoxy groups -OCH3 is 3. The van der Waals surface area contributed by atoms with Crippen molar-refractivity contribution in [2.75, 3.05) is 26.6 Å². The van der Waals surface area contributed by atoms with E-state index in [1.54, 1.807) is 21.3 Å². The van der Waals surface area contributed by atoms with Gasteiger partial charge in [-0.15, -0.1) is 11.3 Å². The van der Waals surface area contributed by atoms with Crippen LogP contribution in [0, 0.1) is 0 Å². The molecular formula is C25H29N3O5S. The van der Waals surface area contributed by atoms with E-state index in [1.807, 2.05) is 48.7 Å². The number of carbonyl (C=O) groups is 2. The normalized spacial score (nSPS) is 11.4. The lowest BCUT2D eigenvalue weighted by Gasteiger charge is -2.14. The van der Waals surface area contributed by atoms with Crippen LogP contribution >= 0.6 is 11.3 Å². The summed E-state index contributed by atoms with van der Waals surface area (Å²) in [6, 6.07) is 11.5. The summed E-state index contributed by atoms with van der Waals surface area (Å²) in [4.78, 5) is 28.3. The van der Waals surface area contributed by atoms with Crippen LogP contribution in [0.15, 0.2) is 41.8 Å². The Labute approximate surface area is 203 Å². The maximum absolute atomic E-state index is 12.5. The van der Waals surface area contributed by atoms with Crippen molar-refractivity contribution < 1.29 is 23.8 Å². The van der Waals surface area contributed by atoms with E-state index >= 15 is 0 Å². The Balaban J connectivity index is 1.60. The van der Waals surface area contributed by atoms with E-state index in [9.17, 15) is 9.59 Å². The number of hydrogen-bond donors (Lipinski definition) is 2. The van der Waals surface area contributed by atoms with Crippen molar-refractivity contribution in [3.05, 3.63) is 52.9 Å². The van der Waals surface area contributed by atoms with E-state index in [-0.39, 0.29) is 24.3 Å². The molecule has 0 aliphatic rings. The molecule has 180 valence electrons. The Bertz CT molecular complexity index is 1120. The second-order valence-corrected chi connectivity index (χ2v) is 8.52. The summed E-state index contributed by atoms with van der Waals surface area (Å²) in [6.45, 7) is 3.44. The number of aryl methyl sites for hydroxylation is 1.